The van der Waals surface area contributed by atoms with E-state index in [0.717, 1.165) is 5.69 Å². The van der Waals surface area contributed by atoms with Crippen molar-refractivity contribution in [2.24, 2.45) is 0 Å². The van der Waals surface area contributed by atoms with Crippen LogP contribution in [0.3, 0.4) is 0 Å². The highest BCUT2D eigenvalue weighted by molar-refractivity contribution is 5.85. The SMILES string of the molecule is Cc1cc(C(=O)O)nc(N(C)Cc2ccccn2)n1. The first-order valence-electron chi connectivity index (χ1n) is 5.76. The highest BCUT2D eigenvalue weighted by Crippen LogP contribution is 2.11. The van der Waals surface area contributed by atoms with E-state index in [1.807, 2.05) is 18.2 Å². The molecule has 0 radical (unpaired) electrons. The molecule has 98 valence electrons. The average molecular weight is 258 g/mol. The van der Waals surface area contributed by atoms with Crippen LogP contribution in [-0.4, -0.2) is 33.1 Å². The van der Waals surface area contributed by atoms with Gasteiger partial charge in [-0.25, -0.2) is 14.8 Å². The molecule has 2 aromatic heterocycles. The molecule has 0 unspecified atom stereocenters. The fraction of sp³-hybridized carbons (Fsp3) is 0.231. The van der Waals surface area contributed by atoms with Crippen LogP contribution in [0, 0.1) is 6.92 Å². The fourth-order valence-electron chi connectivity index (χ4n) is 1.64. The molecule has 0 aliphatic carbocycles. The highest BCUT2D eigenvalue weighted by Gasteiger charge is 2.12. The van der Waals surface area contributed by atoms with Crippen LogP contribution in [0.4, 0.5) is 5.95 Å². The molecule has 0 bridgehead atoms. The molecule has 0 aliphatic heterocycles. The zero-order chi connectivity index (χ0) is 13.8. The smallest absolute Gasteiger partial charge is 0.354 e. The summed E-state index contributed by atoms with van der Waals surface area (Å²) in [5.74, 6) is -0.680. The maximum atomic E-state index is 11.0. The number of hydrogen-bond donors (Lipinski definition) is 1. The minimum Gasteiger partial charge on any atom is -0.477 e. The average Bonchev–Trinajstić information content (AvgIpc) is 2.39. The van der Waals surface area contributed by atoms with Gasteiger partial charge in [-0.15, -0.1) is 0 Å². The number of aromatic nitrogens is 3. The van der Waals surface area contributed by atoms with Crippen molar-refractivity contribution < 1.29 is 9.90 Å². The van der Waals surface area contributed by atoms with Gasteiger partial charge in [-0.3, -0.25) is 4.98 Å². The Morgan fingerprint density at radius 2 is 2.16 bits per heavy atom. The van der Waals surface area contributed by atoms with E-state index in [9.17, 15) is 4.79 Å². The second kappa shape index (κ2) is 5.43. The number of pyridine rings is 1. The number of carboxylic acid groups (broad SMARTS) is 1. The lowest BCUT2D eigenvalue weighted by Gasteiger charge is -2.17. The molecule has 0 spiro atoms. The predicted octanol–water partition coefficient (Wildman–Crippen LogP) is 1.51. The molecule has 0 saturated carbocycles. The molecule has 0 saturated heterocycles. The number of anilines is 1. The van der Waals surface area contributed by atoms with Crippen LogP contribution in [0.5, 0.6) is 0 Å². The molecule has 0 aromatic carbocycles. The molecule has 0 atom stereocenters. The molecule has 2 aromatic rings. The van der Waals surface area contributed by atoms with Gasteiger partial charge in [-0.1, -0.05) is 6.07 Å². The summed E-state index contributed by atoms with van der Waals surface area (Å²) >= 11 is 0. The third kappa shape index (κ3) is 3.25. The summed E-state index contributed by atoms with van der Waals surface area (Å²) in [5.41, 5.74) is 1.48. The van der Waals surface area contributed by atoms with E-state index in [0.29, 0.717) is 18.2 Å². The lowest BCUT2D eigenvalue weighted by atomic mass is 10.3. The molecule has 1 N–H and O–H groups in total. The molecule has 19 heavy (non-hydrogen) atoms. The quantitative estimate of drug-likeness (QED) is 0.895. The van der Waals surface area contributed by atoms with Crippen LogP contribution in [0.1, 0.15) is 21.9 Å². The predicted molar refractivity (Wildman–Crippen MR) is 70.1 cm³/mol. The Labute approximate surface area is 110 Å². The van der Waals surface area contributed by atoms with Crippen LogP contribution in [-0.2, 0) is 6.54 Å². The first-order chi connectivity index (χ1) is 9.06. The monoisotopic (exact) mass is 258 g/mol. The topological polar surface area (TPSA) is 79.2 Å². The first-order valence-corrected chi connectivity index (χ1v) is 5.76. The van der Waals surface area contributed by atoms with Gasteiger partial charge in [0.2, 0.25) is 5.95 Å². The molecule has 0 fully saturated rings. The van der Waals surface area contributed by atoms with Gasteiger partial charge in [-0.05, 0) is 25.1 Å². The van der Waals surface area contributed by atoms with Crippen LogP contribution in [0.2, 0.25) is 0 Å². The van der Waals surface area contributed by atoms with Gasteiger partial charge in [0.25, 0.3) is 0 Å². The lowest BCUT2D eigenvalue weighted by molar-refractivity contribution is 0.0690. The van der Waals surface area contributed by atoms with Crippen LogP contribution in [0.25, 0.3) is 0 Å². The Hall–Kier alpha value is -2.50. The Bertz CT molecular complexity index is 586. The van der Waals surface area contributed by atoms with E-state index < -0.39 is 5.97 Å². The minimum atomic E-state index is -1.06. The molecule has 0 amide bonds. The van der Waals surface area contributed by atoms with E-state index in [1.54, 1.807) is 25.1 Å². The maximum Gasteiger partial charge on any atom is 0.354 e. The van der Waals surface area contributed by atoms with Gasteiger partial charge in [0.1, 0.15) is 0 Å². The van der Waals surface area contributed by atoms with E-state index in [4.69, 9.17) is 5.11 Å². The molecule has 0 aliphatic rings. The molecular weight excluding hydrogens is 244 g/mol. The second-order valence-corrected chi connectivity index (χ2v) is 4.18. The third-order valence-corrected chi connectivity index (χ3v) is 2.53. The highest BCUT2D eigenvalue weighted by atomic mass is 16.4. The van der Waals surface area contributed by atoms with E-state index in [-0.39, 0.29) is 5.69 Å². The third-order valence-electron chi connectivity index (χ3n) is 2.53. The number of aromatic carboxylic acids is 1. The van der Waals surface area contributed by atoms with Gasteiger partial charge < -0.3 is 10.0 Å². The minimum absolute atomic E-state index is 0.00429. The van der Waals surface area contributed by atoms with Gasteiger partial charge in [0, 0.05) is 18.9 Å². The van der Waals surface area contributed by atoms with Crippen molar-refractivity contribution in [1.29, 1.82) is 0 Å². The van der Waals surface area contributed by atoms with E-state index >= 15 is 0 Å². The second-order valence-electron chi connectivity index (χ2n) is 4.18. The van der Waals surface area contributed by atoms with Crippen LogP contribution in [0.15, 0.2) is 30.5 Å². The van der Waals surface area contributed by atoms with Gasteiger partial charge >= 0.3 is 5.97 Å². The Kier molecular flexibility index (Phi) is 3.70. The lowest BCUT2D eigenvalue weighted by Crippen LogP contribution is -2.21. The summed E-state index contributed by atoms with van der Waals surface area (Å²) in [6, 6.07) is 7.08. The number of nitrogens with zero attached hydrogens (tertiary/aromatic N) is 4. The molecule has 6 nitrogen and oxygen atoms in total. The maximum absolute atomic E-state index is 11.0. The molecular formula is C13H14N4O2. The zero-order valence-electron chi connectivity index (χ0n) is 10.7. The molecule has 2 rings (SSSR count). The normalized spacial score (nSPS) is 10.2. The summed E-state index contributed by atoms with van der Waals surface area (Å²) < 4.78 is 0. The van der Waals surface area contributed by atoms with Crippen molar-refractivity contribution >= 4 is 11.9 Å². The summed E-state index contributed by atoms with van der Waals surface area (Å²) in [6.07, 6.45) is 1.71. The number of carbonyl (C=O) groups is 1. The van der Waals surface area contributed by atoms with Crippen molar-refractivity contribution in [3.63, 3.8) is 0 Å². The largest absolute Gasteiger partial charge is 0.477 e. The molecule has 6 heteroatoms. The number of carboxylic acids is 1. The fourth-order valence-corrected chi connectivity index (χ4v) is 1.64. The van der Waals surface area contributed by atoms with Crippen molar-refractivity contribution in [3.8, 4) is 0 Å². The summed E-state index contributed by atoms with van der Waals surface area (Å²) in [6.45, 7) is 2.26. The number of aryl methyl sites for hydroxylation is 1. The van der Waals surface area contributed by atoms with Crippen molar-refractivity contribution in [3.05, 3.63) is 47.5 Å². The van der Waals surface area contributed by atoms with E-state index in [2.05, 4.69) is 15.0 Å². The van der Waals surface area contributed by atoms with Gasteiger partial charge in [-0.2, -0.15) is 0 Å². The van der Waals surface area contributed by atoms with Crippen molar-refractivity contribution in [2.45, 2.75) is 13.5 Å². The van der Waals surface area contributed by atoms with Crippen LogP contribution >= 0.6 is 0 Å². The van der Waals surface area contributed by atoms with Crippen LogP contribution < -0.4 is 4.90 Å². The summed E-state index contributed by atoms with van der Waals surface area (Å²) in [5, 5.41) is 8.98. The Morgan fingerprint density at radius 1 is 1.37 bits per heavy atom. The zero-order valence-corrected chi connectivity index (χ0v) is 10.7. The van der Waals surface area contributed by atoms with E-state index in [1.165, 1.54) is 6.07 Å². The number of hydrogen-bond acceptors (Lipinski definition) is 5. The Morgan fingerprint density at radius 3 is 2.79 bits per heavy atom. The van der Waals surface area contributed by atoms with Crippen molar-refractivity contribution in [1.82, 2.24) is 15.0 Å². The first kappa shape index (κ1) is 12.9. The van der Waals surface area contributed by atoms with Crippen molar-refractivity contribution in [2.75, 3.05) is 11.9 Å². The Balaban J connectivity index is 2.24. The standard InChI is InChI=1S/C13H14N4O2/c1-9-7-11(12(18)19)16-13(15-9)17(2)8-10-5-3-4-6-14-10/h3-7H,8H2,1-2H3,(H,18,19). The number of rotatable bonds is 4. The van der Waals surface area contributed by atoms with Gasteiger partial charge in [0.05, 0.1) is 12.2 Å². The van der Waals surface area contributed by atoms with Gasteiger partial charge in [0.15, 0.2) is 5.69 Å². The summed E-state index contributed by atoms with van der Waals surface area (Å²) in [7, 11) is 1.80. The molecule has 2 heterocycles. The summed E-state index contributed by atoms with van der Waals surface area (Å²) in [4.78, 5) is 25.2.